The van der Waals surface area contributed by atoms with Crippen LogP contribution < -0.4 is 10.9 Å². The topological polar surface area (TPSA) is 54.0 Å². The molecular weight excluding hydrogens is 345 g/mol. The van der Waals surface area contributed by atoms with E-state index >= 15 is 0 Å². The Balaban J connectivity index is 1.56. The zero-order valence-electron chi connectivity index (χ0n) is 13.2. The van der Waals surface area contributed by atoms with Gasteiger partial charge in [-0.1, -0.05) is 17.4 Å². The molecule has 0 radical (unpaired) electrons. The van der Waals surface area contributed by atoms with Gasteiger partial charge >= 0.3 is 0 Å². The van der Waals surface area contributed by atoms with Gasteiger partial charge in [-0.2, -0.15) is 0 Å². The number of aromatic nitrogens is 1. The molecule has 0 unspecified atom stereocenters. The van der Waals surface area contributed by atoms with Gasteiger partial charge in [-0.25, -0.2) is 9.37 Å². The van der Waals surface area contributed by atoms with E-state index in [9.17, 15) is 9.18 Å². The Morgan fingerprint density at radius 2 is 2.00 bits per heavy atom. The first kappa shape index (κ1) is 16.7. The second-order valence-corrected chi connectivity index (χ2v) is 7.44. The van der Waals surface area contributed by atoms with E-state index in [1.807, 2.05) is 13.8 Å². The van der Waals surface area contributed by atoms with Crippen molar-refractivity contribution in [1.29, 1.82) is 0 Å². The van der Waals surface area contributed by atoms with E-state index in [-0.39, 0.29) is 17.5 Å². The summed E-state index contributed by atoms with van der Waals surface area (Å²) in [7, 11) is 0. The number of benzene rings is 2. The van der Waals surface area contributed by atoms with Crippen LogP contribution in [0.2, 0.25) is 0 Å². The van der Waals surface area contributed by atoms with Gasteiger partial charge in [0.2, 0.25) is 11.0 Å². The van der Waals surface area contributed by atoms with Crippen molar-refractivity contribution in [2.45, 2.75) is 18.7 Å². The highest BCUT2D eigenvalue weighted by Gasteiger charge is 2.08. The van der Waals surface area contributed by atoms with Gasteiger partial charge in [0.25, 0.3) is 0 Å². The summed E-state index contributed by atoms with van der Waals surface area (Å²) < 4.78 is 13.9. The number of anilines is 1. The van der Waals surface area contributed by atoms with E-state index in [1.165, 1.54) is 40.8 Å². The van der Waals surface area contributed by atoms with Crippen LogP contribution in [-0.4, -0.2) is 16.6 Å². The Morgan fingerprint density at radius 3 is 2.75 bits per heavy atom. The fraction of sp³-hybridized carbons (Fsp3) is 0.176. The monoisotopic (exact) mass is 361 g/mol. The summed E-state index contributed by atoms with van der Waals surface area (Å²) in [6, 6.07) is 10.2. The number of hydrazine groups is 1. The summed E-state index contributed by atoms with van der Waals surface area (Å²) in [5, 5.41) is 0.652. The number of carbonyl (C=O) groups excluding carboxylic acids is 1. The van der Waals surface area contributed by atoms with E-state index < -0.39 is 0 Å². The molecule has 0 fully saturated rings. The summed E-state index contributed by atoms with van der Waals surface area (Å²) >= 11 is 2.84. The first-order valence-electron chi connectivity index (χ1n) is 7.32. The molecule has 3 rings (SSSR count). The minimum absolute atomic E-state index is 0.170. The first-order chi connectivity index (χ1) is 11.5. The molecule has 0 spiro atoms. The van der Waals surface area contributed by atoms with Crippen LogP contribution in [0.1, 0.15) is 11.1 Å². The number of rotatable bonds is 5. The second-order valence-electron chi connectivity index (χ2n) is 5.36. The number of thioether (sulfide) groups is 1. The fourth-order valence-electron chi connectivity index (χ4n) is 2.26. The largest absolute Gasteiger partial charge is 0.273 e. The lowest BCUT2D eigenvalue weighted by Gasteiger charge is -2.05. The fourth-order valence-corrected chi connectivity index (χ4v) is 3.96. The van der Waals surface area contributed by atoms with Gasteiger partial charge in [0, 0.05) is 4.90 Å². The molecule has 2 aromatic carbocycles. The van der Waals surface area contributed by atoms with Gasteiger partial charge in [-0.3, -0.25) is 15.6 Å². The number of halogens is 1. The molecule has 0 saturated carbocycles. The Morgan fingerprint density at radius 1 is 1.25 bits per heavy atom. The third-order valence-electron chi connectivity index (χ3n) is 3.32. The SMILES string of the molecule is Cc1cc(C)c2nc(NNC(=O)CSc3ccc(F)cc3)sc2c1. The van der Waals surface area contributed by atoms with Crippen LogP contribution in [0.15, 0.2) is 41.3 Å². The average molecular weight is 361 g/mol. The number of carbonyl (C=O) groups is 1. The third-order valence-corrected chi connectivity index (χ3v) is 5.25. The van der Waals surface area contributed by atoms with Gasteiger partial charge in [0.05, 0.1) is 16.0 Å². The van der Waals surface area contributed by atoms with Crippen molar-refractivity contribution in [3.05, 3.63) is 53.3 Å². The van der Waals surface area contributed by atoms with Gasteiger partial charge < -0.3 is 0 Å². The first-order valence-corrected chi connectivity index (χ1v) is 9.12. The normalized spacial score (nSPS) is 10.8. The maximum Gasteiger partial charge on any atom is 0.248 e. The number of aryl methyl sites for hydroxylation is 2. The molecular formula is C17H16FN3OS2. The molecule has 1 aromatic heterocycles. The molecule has 4 nitrogen and oxygen atoms in total. The van der Waals surface area contributed by atoms with E-state index in [0.717, 1.165) is 20.7 Å². The molecule has 0 atom stereocenters. The highest BCUT2D eigenvalue weighted by molar-refractivity contribution is 8.00. The van der Waals surface area contributed by atoms with Crippen LogP contribution >= 0.6 is 23.1 Å². The maximum absolute atomic E-state index is 12.8. The van der Waals surface area contributed by atoms with Crippen molar-refractivity contribution < 1.29 is 9.18 Å². The summed E-state index contributed by atoms with van der Waals surface area (Å²) in [4.78, 5) is 17.2. The lowest BCUT2D eigenvalue weighted by molar-refractivity contribution is -0.118. The van der Waals surface area contributed by atoms with Crippen molar-refractivity contribution in [2.24, 2.45) is 0 Å². The Kier molecular flexibility index (Phi) is 5.01. The molecule has 3 aromatic rings. The maximum atomic E-state index is 12.8. The summed E-state index contributed by atoms with van der Waals surface area (Å²) in [6.07, 6.45) is 0. The molecule has 1 amide bonds. The lowest BCUT2D eigenvalue weighted by Crippen LogP contribution is -2.30. The van der Waals surface area contributed by atoms with Crippen LogP contribution in [0.5, 0.6) is 0 Å². The zero-order valence-corrected chi connectivity index (χ0v) is 14.9. The lowest BCUT2D eigenvalue weighted by atomic mass is 10.1. The van der Waals surface area contributed by atoms with Gasteiger partial charge in [-0.05, 0) is 55.3 Å². The smallest absolute Gasteiger partial charge is 0.248 e. The predicted octanol–water partition coefficient (Wildman–Crippen LogP) is 4.29. The minimum Gasteiger partial charge on any atom is -0.273 e. The predicted molar refractivity (Wildman–Crippen MR) is 98.0 cm³/mol. The number of fused-ring (bicyclic) bond motifs is 1. The highest BCUT2D eigenvalue weighted by Crippen LogP contribution is 2.28. The Hall–Kier alpha value is -2.12. The number of hydrogen-bond donors (Lipinski definition) is 2. The van der Waals surface area contributed by atoms with Gasteiger partial charge in [-0.15, -0.1) is 11.8 Å². The van der Waals surface area contributed by atoms with Crippen molar-refractivity contribution in [3.8, 4) is 0 Å². The van der Waals surface area contributed by atoms with Crippen LogP contribution in [-0.2, 0) is 4.79 Å². The second kappa shape index (κ2) is 7.19. The molecule has 124 valence electrons. The van der Waals surface area contributed by atoms with Crippen molar-refractivity contribution in [1.82, 2.24) is 10.4 Å². The summed E-state index contributed by atoms with van der Waals surface area (Å²) in [5.74, 6) is -0.217. The summed E-state index contributed by atoms with van der Waals surface area (Å²) in [5.41, 5.74) is 8.76. The van der Waals surface area contributed by atoms with Crippen LogP contribution in [0, 0.1) is 19.7 Å². The molecule has 0 aliphatic rings. The Bertz CT molecular complexity index is 877. The van der Waals surface area contributed by atoms with Crippen molar-refractivity contribution in [2.75, 3.05) is 11.2 Å². The van der Waals surface area contributed by atoms with Crippen molar-refractivity contribution >= 4 is 44.4 Å². The van der Waals surface area contributed by atoms with E-state index in [4.69, 9.17) is 0 Å². The number of thiazole rings is 1. The van der Waals surface area contributed by atoms with Gasteiger partial charge in [0.15, 0.2) is 0 Å². The standard InChI is InChI=1S/C17H16FN3OS2/c1-10-7-11(2)16-14(8-10)24-17(19-16)21-20-15(22)9-23-13-5-3-12(18)4-6-13/h3-8H,9H2,1-2H3,(H,19,21)(H,20,22). The number of hydrogen-bond acceptors (Lipinski definition) is 5. The van der Waals surface area contributed by atoms with E-state index in [1.54, 1.807) is 12.1 Å². The number of amides is 1. The van der Waals surface area contributed by atoms with Crippen LogP contribution in [0.25, 0.3) is 10.2 Å². The summed E-state index contributed by atoms with van der Waals surface area (Å²) in [6.45, 7) is 4.07. The highest BCUT2D eigenvalue weighted by atomic mass is 32.2. The number of nitrogens with zero attached hydrogens (tertiary/aromatic N) is 1. The van der Waals surface area contributed by atoms with Crippen LogP contribution in [0.3, 0.4) is 0 Å². The molecule has 2 N–H and O–H groups in total. The van der Waals surface area contributed by atoms with Gasteiger partial charge in [0.1, 0.15) is 5.82 Å². The Labute approximate surface area is 147 Å². The quantitative estimate of drug-likeness (QED) is 0.526. The zero-order chi connectivity index (χ0) is 17.1. The van der Waals surface area contributed by atoms with E-state index in [2.05, 4.69) is 28.0 Å². The molecule has 7 heteroatoms. The van der Waals surface area contributed by atoms with Crippen molar-refractivity contribution in [3.63, 3.8) is 0 Å². The minimum atomic E-state index is -0.285. The van der Waals surface area contributed by atoms with E-state index in [0.29, 0.717) is 5.13 Å². The molecule has 24 heavy (non-hydrogen) atoms. The molecule has 0 aliphatic carbocycles. The average Bonchev–Trinajstić information content (AvgIpc) is 2.95. The molecule has 0 bridgehead atoms. The number of nitrogens with one attached hydrogen (secondary N) is 2. The third kappa shape index (κ3) is 4.04. The molecule has 1 heterocycles. The molecule has 0 saturated heterocycles. The van der Waals surface area contributed by atoms with Crippen LogP contribution in [0.4, 0.5) is 9.52 Å². The molecule has 0 aliphatic heterocycles.